The van der Waals surface area contributed by atoms with Gasteiger partial charge in [-0.1, -0.05) is 0 Å². The second kappa shape index (κ2) is 4.57. The number of hydrogen-bond acceptors (Lipinski definition) is 3. The number of aromatic amines is 1. The molecule has 1 aromatic rings. The third-order valence-corrected chi connectivity index (χ3v) is 2.89. The molecule has 0 saturated carbocycles. The Morgan fingerprint density at radius 3 is 2.78 bits per heavy atom. The van der Waals surface area contributed by atoms with Crippen LogP contribution in [0.25, 0.3) is 0 Å². The van der Waals surface area contributed by atoms with Crippen molar-refractivity contribution >= 4 is 5.91 Å². The van der Waals surface area contributed by atoms with Crippen LogP contribution in [0.3, 0.4) is 0 Å². The van der Waals surface area contributed by atoms with Crippen LogP contribution in [0.5, 0.6) is 0 Å². The first-order valence-corrected chi connectivity index (χ1v) is 6.03. The van der Waals surface area contributed by atoms with E-state index in [1.54, 1.807) is 11.0 Å². The fraction of sp³-hybridized carbons (Fsp3) is 0.538. The molecule has 5 heteroatoms. The summed E-state index contributed by atoms with van der Waals surface area (Å²) in [6.07, 6.45) is 1.47. The lowest BCUT2D eigenvalue weighted by atomic mass is 10.0. The largest absolute Gasteiger partial charge is 0.369 e. The summed E-state index contributed by atoms with van der Waals surface area (Å²) in [7, 11) is 0. The topological polar surface area (TPSA) is 62.4 Å². The zero-order valence-electron chi connectivity index (χ0n) is 10.9. The van der Waals surface area contributed by atoms with Gasteiger partial charge < -0.3 is 14.6 Å². The van der Waals surface area contributed by atoms with Crippen LogP contribution in [0, 0.1) is 0 Å². The standard InChI is InChI=1S/C13H18N2O3/c1-9-7-15(8-13(2,3)18-9)12(17)10-4-5-11(16)14-6-10/h4-6,9H,7-8H2,1-3H3,(H,14,16)/t9-/m1/s1. The molecule has 1 N–H and O–H groups in total. The normalized spacial score (nSPS) is 22.8. The van der Waals surface area contributed by atoms with Gasteiger partial charge in [-0.05, 0) is 26.8 Å². The molecule has 0 spiro atoms. The average Bonchev–Trinajstić information content (AvgIpc) is 2.26. The predicted molar refractivity (Wildman–Crippen MR) is 67.6 cm³/mol. The second-order valence-electron chi connectivity index (χ2n) is 5.32. The van der Waals surface area contributed by atoms with Crippen LogP contribution in [0.2, 0.25) is 0 Å². The van der Waals surface area contributed by atoms with Crippen LogP contribution < -0.4 is 5.56 Å². The van der Waals surface area contributed by atoms with Gasteiger partial charge >= 0.3 is 0 Å². The first-order chi connectivity index (χ1) is 8.37. The highest BCUT2D eigenvalue weighted by Crippen LogP contribution is 2.21. The Labute approximate surface area is 106 Å². The first kappa shape index (κ1) is 12.8. The lowest BCUT2D eigenvalue weighted by molar-refractivity contribution is -0.118. The van der Waals surface area contributed by atoms with Crippen molar-refractivity contribution in [1.82, 2.24) is 9.88 Å². The molecule has 1 atom stereocenters. The fourth-order valence-corrected chi connectivity index (χ4v) is 2.33. The van der Waals surface area contributed by atoms with Gasteiger partial charge in [-0.3, -0.25) is 9.59 Å². The number of carbonyl (C=O) groups is 1. The van der Waals surface area contributed by atoms with E-state index in [2.05, 4.69) is 4.98 Å². The fourth-order valence-electron chi connectivity index (χ4n) is 2.33. The number of H-pyrrole nitrogens is 1. The molecule has 0 bridgehead atoms. The van der Waals surface area contributed by atoms with Crippen LogP contribution >= 0.6 is 0 Å². The van der Waals surface area contributed by atoms with Crippen molar-refractivity contribution in [2.75, 3.05) is 13.1 Å². The zero-order valence-corrected chi connectivity index (χ0v) is 10.9. The van der Waals surface area contributed by atoms with E-state index < -0.39 is 0 Å². The van der Waals surface area contributed by atoms with Crippen molar-refractivity contribution in [3.63, 3.8) is 0 Å². The minimum atomic E-state index is -0.338. The number of morpholine rings is 1. The van der Waals surface area contributed by atoms with Crippen molar-refractivity contribution in [2.24, 2.45) is 0 Å². The summed E-state index contributed by atoms with van der Waals surface area (Å²) >= 11 is 0. The maximum Gasteiger partial charge on any atom is 0.255 e. The molecule has 2 rings (SSSR count). The molecule has 0 radical (unpaired) electrons. The van der Waals surface area contributed by atoms with Crippen molar-refractivity contribution in [3.05, 3.63) is 34.2 Å². The van der Waals surface area contributed by atoms with E-state index in [1.807, 2.05) is 20.8 Å². The number of pyridine rings is 1. The second-order valence-corrected chi connectivity index (χ2v) is 5.32. The Morgan fingerprint density at radius 1 is 1.50 bits per heavy atom. The summed E-state index contributed by atoms with van der Waals surface area (Å²) in [4.78, 5) is 27.6. The summed E-state index contributed by atoms with van der Waals surface area (Å²) in [5.74, 6) is -0.0746. The van der Waals surface area contributed by atoms with E-state index in [0.717, 1.165) is 0 Å². The number of nitrogens with zero attached hydrogens (tertiary/aromatic N) is 1. The number of aromatic nitrogens is 1. The molecule has 0 unspecified atom stereocenters. The molecule has 98 valence electrons. The van der Waals surface area contributed by atoms with Gasteiger partial charge in [-0.15, -0.1) is 0 Å². The van der Waals surface area contributed by atoms with Gasteiger partial charge in [-0.2, -0.15) is 0 Å². The summed E-state index contributed by atoms with van der Waals surface area (Å²) in [5, 5.41) is 0. The third-order valence-electron chi connectivity index (χ3n) is 2.89. The van der Waals surface area contributed by atoms with E-state index in [0.29, 0.717) is 18.7 Å². The number of carbonyl (C=O) groups excluding carboxylic acids is 1. The lowest BCUT2D eigenvalue weighted by Gasteiger charge is -2.41. The smallest absolute Gasteiger partial charge is 0.255 e. The van der Waals surface area contributed by atoms with E-state index in [4.69, 9.17) is 4.74 Å². The Kier molecular flexibility index (Phi) is 3.26. The van der Waals surface area contributed by atoms with E-state index in [1.165, 1.54) is 12.3 Å². The summed E-state index contributed by atoms with van der Waals surface area (Å²) < 4.78 is 5.76. The molecule has 1 amide bonds. The van der Waals surface area contributed by atoms with Crippen LogP contribution in [-0.4, -0.2) is 40.6 Å². The quantitative estimate of drug-likeness (QED) is 0.809. The molecular formula is C13H18N2O3. The Bertz CT molecular complexity index is 487. The van der Waals surface area contributed by atoms with Gasteiger partial charge in [0.1, 0.15) is 0 Å². The number of ether oxygens (including phenoxy) is 1. The van der Waals surface area contributed by atoms with E-state index in [-0.39, 0.29) is 23.2 Å². The highest BCUT2D eigenvalue weighted by molar-refractivity contribution is 5.94. The lowest BCUT2D eigenvalue weighted by Crippen LogP contribution is -2.53. The number of amides is 1. The molecule has 1 aliphatic rings. The van der Waals surface area contributed by atoms with Crippen LogP contribution in [0.1, 0.15) is 31.1 Å². The number of nitrogens with one attached hydrogen (secondary N) is 1. The monoisotopic (exact) mass is 250 g/mol. The number of hydrogen-bond donors (Lipinski definition) is 1. The summed E-state index contributed by atoms with van der Waals surface area (Å²) in [6, 6.07) is 2.91. The maximum absolute atomic E-state index is 12.3. The molecule has 1 saturated heterocycles. The molecule has 0 aromatic carbocycles. The molecular weight excluding hydrogens is 232 g/mol. The van der Waals surface area contributed by atoms with Crippen LogP contribution in [-0.2, 0) is 4.74 Å². The van der Waals surface area contributed by atoms with Gasteiger partial charge in [-0.25, -0.2) is 0 Å². The van der Waals surface area contributed by atoms with Gasteiger partial charge in [0, 0.05) is 25.4 Å². The van der Waals surface area contributed by atoms with Crippen LogP contribution in [0.4, 0.5) is 0 Å². The Balaban J connectivity index is 2.18. The van der Waals surface area contributed by atoms with E-state index in [9.17, 15) is 9.59 Å². The molecule has 1 aliphatic heterocycles. The van der Waals surface area contributed by atoms with Crippen molar-refractivity contribution in [3.8, 4) is 0 Å². The molecule has 18 heavy (non-hydrogen) atoms. The average molecular weight is 250 g/mol. The minimum absolute atomic E-state index is 0.0143. The highest BCUT2D eigenvalue weighted by Gasteiger charge is 2.33. The van der Waals surface area contributed by atoms with Gasteiger partial charge in [0.15, 0.2) is 0 Å². The van der Waals surface area contributed by atoms with Gasteiger partial charge in [0.2, 0.25) is 5.56 Å². The summed E-state index contributed by atoms with van der Waals surface area (Å²) in [6.45, 7) is 7.01. The molecule has 5 nitrogen and oxygen atoms in total. The zero-order chi connectivity index (χ0) is 13.3. The van der Waals surface area contributed by atoms with Crippen molar-refractivity contribution in [1.29, 1.82) is 0 Å². The molecule has 1 fully saturated rings. The summed E-state index contributed by atoms with van der Waals surface area (Å²) in [5.41, 5.74) is -0.0445. The van der Waals surface area contributed by atoms with Gasteiger partial charge in [0.05, 0.1) is 17.3 Å². The van der Waals surface area contributed by atoms with Crippen molar-refractivity contribution < 1.29 is 9.53 Å². The predicted octanol–water partition coefficient (Wildman–Crippen LogP) is 1.01. The number of rotatable bonds is 1. The molecule has 2 heterocycles. The van der Waals surface area contributed by atoms with E-state index >= 15 is 0 Å². The maximum atomic E-state index is 12.3. The Morgan fingerprint density at radius 2 is 2.22 bits per heavy atom. The SMILES string of the molecule is C[C@@H]1CN(C(=O)c2ccc(=O)[nH]c2)CC(C)(C)O1. The Hall–Kier alpha value is -1.62. The van der Waals surface area contributed by atoms with Crippen LogP contribution in [0.15, 0.2) is 23.1 Å². The van der Waals surface area contributed by atoms with Gasteiger partial charge in [0.25, 0.3) is 5.91 Å². The first-order valence-electron chi connectivity index (χ1n) is 6.03. The minimum Gasteiger partial charge on any atom is -0.369 e. The molecule has 0 aliphatic carbocycles. The highest BCUT2D eigenvalue weighted by atomic mass is 16.5. The third kappa shape index (κ3) is 2.79. The molecule has 1 aromatic heterocycles. The van der Waals surface area contributed by atoms with Crippen molar-refractivity contribution in [2.45, 2.75) is 32.5 Å².